The van der Waals surface area contributed by atoms with Gasteiger partial charge in [-0.05, 0) is 25.1 Å². The average Bonchev–Trinajstić information content (AvgIpc) is 2.82. The van der Waals surface area contributed by atoms with Crippen molar-refractivity contribution in [3.63, 3.8) is 0 Å². The summed E-state index contributed by atoms with van der Waals surface area (Å²) >= 11 is 0. The van der Waals surface area contributed by atoms with Crippen LogP contribution in [0.15, 0.2) is 48.5 Å². The molecule has 4 rings (SSSR count). The van der Waals surface area contributed by atoms with E-state index in [9.17, 15) is 8.78 Å². The predicted octanol–water partition coefficient (Wildman–Crippen LogP) is 3.96. The summed E-state index contributed by atoms with van der Waals surface area (Å²) in [7, 11) is 0. The summed E-state index contributed by atoms with van der Waals surface area (Å²) in [6.07, 6.45) is 0.440. The van der Waals surface area contributed by atoms with Crippen LogP contribution in [0.3, 0.4) is 0 Å². The van der Waals surface area contributed by atoms with E-state index in [0.29, 0.717) is 13.0 Å². The molecule has 1 aliphatic heterocycles. The first-order valence-corrected chi connectivity index (χ1v) is 7.25. The number of nitrogens with zero attached hydrogens (tertiary/aromatic N) is 1. The van der Waals surface area contributed by atoms with E-state index in [1.807, 2.05) is 53.1 Å². The summed E-state index contributed by atoms with van der Waals surface area (Å²) < 4.78 is 30.6. The Kier molecular flexibility index (Phi) is 2.76. The Morgan fingerprint density at radius 1 is 0.952 bits per heavy atom. The number of para-hydroxylation sites is 2. The van der Waals surface area contributed by atoms with Gasteiger partial charge in [0.15, 0.2) is 0 Å². The molecule has 1 aliphatic rings. The molecule has 0 amide bonds. The summed E-state index contributed by atoms with van der Waals surface area (Å²) in [6, 6.07) is 14.8. The topological polar surface area (TPSA) is 17.0 Å². The minimum absolute atomic E-state index is 0.251. The fraction of sp³-hybridized carbons (Fsp3) is 0.294. The zero-order chi connectivity index (χ0) is 14.4. The third-order valence-electron chi connectivity index (χ3n) is 4.37. The summed E-state index contributed by atoms with van der Waals surface area (Å²) in [5, 5.41) is 4.89. The Labute approximate surface area is 121 Å². The highest BCUT2D eigenvalue weighted by Gasteiger charge is 2.43. The summed E-state index contributed by atoms with van der Waals surface area (Å²) in [4.78, 5) is 0. The zero-order valence-electron chi connectivity index (χ0n) is 11.5. The predicted molar refractivity (Wildman–Crippen MR) is 80.9 cm³/mol. The molecule has 2 heterocycles. The van der Waals surface area contributed by atoms with Gasteiger partial charge in [-0.2, -0.15) is 0 Å². The lowest BCUT2D eigenvalue weighted by Gasteiger charge is -2.34. The van der Waals surface area contributed by atoms with Gasteiger partial charge in [0.2, 0.25) is 0 Å². The molecule has 1 saturated heterocycles. The zero-order valence-corrected chi connectivity index (χ0v) is 11.5. The normalized spacial score (nSPS) is 21.9. The Morgan fingerprint density at radius 2 is 1.52 bits per heavy atom. The first-order chi connectivity index (χ1) is 10.2. The number of hydrogen-bond donors (Lipinski definition) is 1. The van der Waals surface area contributed by atoms with Crippen LogP contribution in [-0.4, -0.2) is 23.6 Å². The van der Waals surface area contributed by atoms with Gasteiger partial charge in [0, 0.05) is 21.8 Å². The van der Waals surface area contributed by atoms with Gasteiger partial charge >= 0.3 is 0 Å². The summed E-state index contributed by atoms with van der Waals surface area (Å²) in [5.74, 6) is -2.73. The number of hydrogen-bond acceptors (Lipinski definition) is 1. The Bertz CT molecular complexity index is 754. The molecule has 0 unspecified atom stereocenters. The lowest BCUT2D eigenvalue weighted by atomic mass is 10.0. The largest absolute Gasteiger partial charge is 0.331 e. The van der Waals surface area contributed by atoms with Crippen molar-refractivity contribution in [3.8, 4) is 0 Å². The molecule has 0 aliphatic carbocycles. The first-order valence-electron chi connectivity index (χ1n) is 7.25. The van der Waals surface area contributed by atoms with Crippen molar-refractivity contribution in [3.05, 3.63) is 48.5 Å². The number of aromatic nitrogens is 1. The van der Waals surface area contributed by atoms with Gasteiger partial charge in [0.05, 0.1) is 6.54 Å². The number of halogens is 2. The maximum atomic E-state index is 14.4. The van der Waals surface area contributed by atoms with Gasteiger partial charge in [-0.3, -0.25) is 0 Å². The fourth-order valence-electron chi connectivity index (χ4n) is 3.43. The number of fused-ring (bicyclic) bond motifs is 3. The minimum atomic E-state index is -2.73. The highest BCUT2D eigenvalue weighted by Crippen LogP contribution is 2.40. The number of rotatable bonds is 1. The second kappa shape index (κ2) is 4.53. The van der Waals surface area contributed by atoms with Crippen molar-refractivity contribution < 1.29 is 8.78 Å². The van der Waals surface area contributed by atoms with Crippen LogP contribution in [0.25, 0.3) is 21.8 Å². The number of benzene rings is 2. The molecular weight excluding hydrogens is 270 g/mol. The van der Waals surface area contributed by atoms with E-state index in [0.717, 1.165) is 21.8 Å². The van der Waals surface area contributed by atoms with Gasteiger partial charge in [0.25, 0.3) is 5.92 Å². The lowest BCUT2D eigenvalue weighted by molar-refractivity contribution is -0.0631. The van der Waals surface area contributed by atoms with Crippen molar-refractivity contribution >= 4 is 21.8 Å². The Balaban J connectivity index is 2.06. The molecule has 1 fully saturated rings. The van der Waals surface area contributed by atoms with Crippen molar-refractivity contribution in [2.75, 3.05) is 13.1 Å². The van der Waals surface area contributed by atoms with Gasteiger partial charge < -0.3 is 9.88 Å². The maximum absolute atomic E-state index is 14.4. The van der Waals surface area contributed by atoms with Crippen LogP contribution >= 0.6 is 0 Å². The van der Waals surface area contributed by atoms with E-state index in [2.05, 4.69) is 5.32 Å². The molecule has 0 radical (unpaired) electrons. The van der Waals surface area contributed by atoms with Crippen LogP contribution < -0.4 is 5.32 Å². The summed E-state index contributed by atoms with van der Waals surface area (Å²) in [6.45, 7) is 0.375. The Morgan fingerprint density at radius 3 is 2.10 bits per heavy atom. The molecule has 1 aromatic heterocycles. The van der Waals surface area contributed by atoms with E-state index in [4.69, 9.17) is 0 Å². The van der Waals surface area contributed by atoms with Crippen LogP contribution in [0.2, 0.25) is 0 Å². The molecule has 1 N–H and O–H groups in total. The number of nitrogens with one attached hydrogen (secondary N) is 1. The van der Waals surface area contributed by atoms with Gasteiger partial charge in [-0.1, -0.05) is 36.4 Å². The quantitative estimate of drug-likeness (QED) is 0.716. The highest BCUT2D eigenvalue weighted by molar-refractivity contribution is 6.08. The van der Waals surface area contributed by atoms with Crippen molar-refractivity contribution in [1.82, 2.24) is 9.88 Å². The molecule has 21 heavy (non-hydrogen) atoms. The monoisotopic (exact) mass is 286 g/mol. The smallest absolute Gasteiger partial charge is 0.280 e. The van der Waals surface area contributed by atoms with Crippen LogP contribution in [0.4, 0.5) is 8.78 Å². The second-order valence-corrected chi connectivity index (χ2v) is 5.65. The van der Waals surface area contributed by atoms with Gasteiger partial charge in [0.1, 0.15) is 6.04 Å². The molecule has 0 saturated carbocycles. The van der Waals surface area contributed by atoms with Crippen molar-refractivity contribution in [2.24, 2.45) is 0 Å². The first kappa shape index (κ1) is 12.8. The molecule has 1 atom stereocenters. The number of alkyl halides is 2. The second-order valence-electron chi connectivity index (χ2n) is 5.65. The highest BCUT2D eigenvalue weighted by atomic mass is 19.3. The molecular formula is C17H16F2N2. The molecule has 0 spiro atoms. The van der Waals surface area contributed by atoms with Crippen LogP contribution in [0.1, 0.15) is 12.5 Å². The lowest BCUT2D eigenvalue weighted by Crippen LogP contribution is -2.46. The van der Waals surface area contributed by atoms with Crippen molar-refractivity contribution in [2.45, 2.75) is 18.4 Å². The molecule has 0 bridgehead atoms. The molecule has 4 heteroatoms. The molecule has 2 nitrogen and oxygen atoms in total. The van der Waals surface area contributed by atoms with Crippen LogP contribution in [0.5, 0.6) is 0 Å². The van der Waals surface area contributed by atoms with E-state index in [1.165, 1.54) is 0 Å². The number of piperidine rings is 1. The third-order valence-corrected chi connectivity index (χ3v) is 4.37. The van der Waals surface area contributed by atoms with Crippen LogP contribution in [-0.2, 0) is 0 Å². The average molecular weight is 286 g/mol. The van der Waals surface area contributed by atoms with Gasteiger partial charge in [-0.25, -0.2) is 8.78 Å². The SMILES string of the molecule is FC1(F)CNCC[C@H]1n1c2ccccc2c2ccccc21. The fourth-order valence-corrected chi connectivity index (χ4v) is 3.43. The minimum Gasteiger partial charge on any atom is -0.331 e. The molecule has 108 valence electrons. The standard InChI is InChI=1S/C17H16F2N2/c18-17(19)11-20-10-9-16(17)21-14-7-3-1-5-12(14)13-6-2-4-8-15(13)21/h1-8,16,20H,9-11H2/t16-/m1/s1. The van der Waals surface area contributed by atoms with E-state index in [1.54, 1.807) is 0 Å². The van der Waals surface area contributed by atoms with E-state index in [-0.39, 0.29) is 6.54 Å². The molecule has 3 aromatic rings. The third kappa shape index (κ3) is 1.86. The summed E-state index contributed by atoms with van der Waals surface area (Å²) in [5.41, 5.74) is 1.79. The van der Waals surface area contributed by atoms with E-state index >= 15 is 0 Å². The maximum Gasteiger partial charge on any atom is 0.280 e. The van der Waals surface area contributed by atoms with Crippen LogP contribution in [0, 0.1) is 0 Å². The Hall–Kier alpha value is -1.94. The molecule has 2 aromatic carbocycles. The van der Waals surface area contributed by atoms with Crippen molar-refractivity contribution in [1.29, 1.82) is 0 Å². The van der Waals surface area contributed by atoms with E-state index < -0.39 is 12.0 Å². The van der Waals surface area contributed by atoms with Gasteiger partial charge in [-0.15, -0.1) is 0 Å².